The largest absolute Gasteiger partial charge is 0.396 e. The molecule has 0 heterocycles. The van der Waals surface area contributed by atoms with E-state index in [0.29, 0.717) is 6.54 Å². The van der Waals surface area contributed by atoms with E-state index in [-0.39, 0.29) is 24.3 Å². The Balaban J connectivity index is 2.41. The van der Waals surface area contributed by atoms with Gasteiger partial charge in [0.1, 0.15) is 0 Å². The van der Waals surface area contributed by atoms with Gasteiger partial charge in [-0.25, -0.2) is 8.42 Å². The maximum atomic E-state index is 12.0. The van der Waals surface area contributed by atoms with E-state index in [1.54, 1.807) is 20.8 Å². The van der Waals surface area contributed by atoms with Gasteiger partial charge in [0.25, 0.3) is 0 Å². The molecule has 0 aromatic heterocycles. The van der Waals surface area contributed by atoms with Crippen LogP contribution in [-0.4, -0.2) is 43.2 Å². The Kier molecular flexibility index (Phi) is 5.62. The van der Waals surface area contributed by atoms with Crippen LogP contribution in [0.4, 0.5) is 0 Å². The Labute approximate surface area is 111 Å². The molecule has 0 bridgehead atoms. The summed E-state index contributed by atoms with van der Waals surface area (Å²) in [4.78, 5) is 0. The second-order valence-electron chi connectivity index (χ2n) is 6.22. The number of hydrogen-bond donors (Lipinski definition) is 2. The highest BCUT2D eigenvalue weighted by Crippen LogP contribution is 2.24. The molecule has 2 atom stereocenters. The number of aliphatic hydroxyl groups is 1. The van der Waals surface area contributed by atoms with Gasteiger partial charge >= 0.3 is 0 Å². The third-order valence-corrected chi connectivity index (χ3v) is 6.46. The molecule has 18 heavy (non-hydrogen) atoms. The normalized spacial score (nSPS) is 26.2. The van der Waals surface area contributed by atoms with Crippen molar-refractivity contribution < 1.29 is 13.5 Å². The first kappa shape index (κ1) is 15.9. The monoisotopic (exact) mass is 277 g/mol. The molecule has 0 aromatic carbocycles. The summed E-state index contributed by atoms with van der Waals surface area (Å²) in [6.45, 7) is 5.89. The molecule has 108 valence electrons. The van der Waals surface area contributed by atoms with E-state index in [2.05, 4.69) is 5.32 Å². The van der Waals surface area contributed by atoms with Crippen LogP contribution in [0.5, 0.6) is 0 Å². The van der Waals surface area contributed by atoms with Crippen LogP contribution in [-0.2, 0) is 9.84 Å². The van der Waals surface area contributed by atoms with E-state index in [1.165, 1.54) is 12.8 Å². The molecule has 1 fully saturated rings. The van der Waals surface area contributed by atoms with Crippen molar-refractivity contribution in [3.05, 3.63) is 0 Å². The lowest BCUT2D eigenvalue weighted by Gasteiger charge is -2.31. The first-order chi connectivity index (χ1) is 8.28. The maximum absolute atomic E-state index is 12.0. The van der Waals surface area contributed by atoms with Crippen LogP contribution >= 0.6 is 0 Å². The Morgan fingerprint density at radius 1 is 1.22 bits per heavy atom. The van der Waals surface area contributed by atoms with E-state index in [0.717, 1.165) is 12.8 Å². The van der Waals surface area contributed by atoms with Gasteiger partial charge in [-0.3, -0.25) is 0 Å². The second kappa shape index (κ2) is 6.35. The van der Waals surface area contributed by atoms with Gasteiger partial charge in [0, 0.05) is 19.2 Å². The molecule has 5 heteroatoms. The van der Waals surface area contributed by atoms with Crippen molar-refractivity contribution >= 4 is 9.84 Å². The summed E-state index contributed by atoms with van der Waals surface area (Å²) in [6.07, 6.45) is 4.42. The zero-order valence-electron chi connectivity index (χ0n) is 11.8. The van der Waals surface area contributed by atoms with Gasteiger partial charge in [-0.05, 0) is 39.5 Å². The summed E-state index contributed by atoms with van der Waals surface area (Å²) in [6, 6.07) is 0.277. The van der Waals surface area contributed by atoms with E-state index >= 15 is 0 Å². The predicted molar refractivity (Wildman–Crippen MR) is 74.4 cm³/mol. The molecule has 0 aromatic rings. The topological polar surface area (TPSA) is 66.4 Å². The van der Waals surface area contributed by atoms with Gasteiger partial charge in [0.2, 0.25) is 0 Å². The van der Waals surface area contributed by atoms with E-state index < -0.39 is 14.6 Å². The van der Waals surface area contributed by atoms with Gasteiger partial charge in [0.05, 0.1) is 10.5 Å². The molecule has 0 amide bonds. The zero-order chi connectivity index (χ0) is 13.8. The number of hydrogen-bond acceptors (Lipinski definition) is 4. The molecule has 1 aliphatic carbocycles. The van der Waals surface area contributed by atoms with Crippen LogP contribution in [0.3, 0.4) is 0 Å². The van der Waals surface area contributed by atoms with Crippen molar-refractivity contribution in [2.24, 2.45) is 5.92 Å². The number of nitrogens with one attached hydrogen (secondary N) is 1. The summed E-state index contributed by atoms with van der Waals surface area (Å²) in [5.41, 5.74) is 0. The molecule has 2 N–H and O–H groups in total. The summed E-state index contributed by atoms with van der Waals surface area (Å²) < 4.78 is 23.2. The summed E-state index contributed by atoms with van der Waals surface area (Å²) in [5.74, 6) is 0.460. The summed E-state index contributed by atoms with van der Waals surface area (Å²) in [7, 11) is -3.05. The molecule has 0 aliphatic heterocycles. The average Bonchev–Trinajstić information content (AvgIpc) is 2.28. The average molecular weight is 277 g/mol. The first-order valence-electron chi connectivity index (χ1n) is 6.84. The minimum atomic E-state index is -3.05. The lowest BCUT2D eigenvalue weighted by molar-refractivity contribution is 0.154. The fourth-order valence-electron chi connectivity index (χ4n) is 2.38. The number of rotatable bonds is 5. The highest BCUT2D eigenvalue weighted by molar-refractivity contribution is 7.92. The van der Waals surface area contributed by atoms with Gasteiger partial charge < -0.3 is 10.4 Å². The van der Waals surface area contributed by atoms with Crippen LogP contribution in [0.2, 0.25) is 0 Å². The minimum Gasteiger partial charge on any atom is -0.396 e. The fourth-order valence-corrected chi connectivity index (χ4v) is 3.38. The zero-order valence-corrected chi connectivity index (χ0v) is 12.6. The Hall–Kier alpha value is -0.130. The van der Waals surface area contributed by atoms with Crippen LogP contribution in [0.15, 0.2) is 0 Å². The summed E-state index contributed by atoms with van der Waals surface area (Å²) >= 11 is 0. The van der Waals surface area contributed by atoms with Crippen molar-refractivity contribution in [1.82, 2.24) is 5.32 Å². The van der Waals surface area contributed by atoms with Crippen molar-refractivity contribution in [2.45, 2.75) is 57.2 Å². The summed E-state index contributed by atoms with van der Waals surface area (Å²) in [5, 5.41) is 12.6. The molecule has 1 aliphatic rings. The lowest BCUT2D eigenvalue weighted by atomic mass is 9.85. The molecule has 1 saturated carbocycles. The van der Waals surface area contributed by atoms with Crippen molar-refractivity contribution in [1.29, 1.82) is 0 Å². The lowest BCUT2D eigenvalue weighted by Crippen LogP contribution is -2.43. The number of aliphatic hydroxyl groups excluding tert-OH is 1. The SMILES string of the molecule is CC(C)(C)S(=O)(=O)CCNC1CCCCC1CO. The standard InChI is InChI=1S/C13H27NO3S/c1-13(2,3)18(16,17)9-8-14-12-7-5-4-6-11(12)10-15/h11-12,14-15H,4-10H2,1-3H3. The van der Waals surface area contributed by atoms with Crippen molar-refractivity contribution in [3.8, 4) is 0 Å². The van der Waals surface area contributed by atoms with Gasteiger partial charge in [0.15, 0.2) is 9.84 Å². The third-order valence-electron chi connectivity index (χ3n) is 3.85. The van der Waals surface area contributed by atoms with E-state index in [4.69, 9.17) is 0 Å². The quantitative estimate of drug-likeness (QED) is 0.796. The van der Waals surface area contributed by atoms with Gasteiger partial charge in [-0.1, -0.05) is 12.8 Å². The van der Waals surface area contributed by atoms with Gasteiger partial charge in [-0.15, -0.1) is 0 Å². The molecule has 1 rings (SSSR count). The van der Waals surface area contributed by atoms with E-state index in [9.17, 15) is 13.5 Å². The van der Waals surface area contributed by atoms with Crippen LogP contribution in [0, 0.1) is 5.92 Å². The highest BCUT2D eigenvalue weighted by Gasteiger charge is 2.29. The molecular formula is C13H27NO3S. The Morgan fingerprint density at radius 3 is 2.39 bits per heavy atom. The minimum absolute atomic E-state index is 0.172. The predicted octanol–water partition coefficient (Wildman–Crippen LogP) is 1.34. The van der Waals surface area contributed by atoms with E-state index in [1.807, 2.05) is 0 Å². The van der Waals surface area contributed by atoms with Crippen molar-refractivity contribution in [2.75, 3.05) is 18.9 Å². The smallest absolute Gasteiger partial charge is 0.156 e. The Morgan fingerprint density at radius 2 is 1.83 bits per heavy atom. The third kappa shape index (κ3) is 4.21. The highest BCUT2D eigenvalue weighted by atomic mass is 32.2. The molecule has 0 saturated heterocycles. The molecular weight excluding hydrogens is 250 g/mol. The van der Waals surface area contributed by atoms with Crippen LogP contribution < -0.4 is 5.32 Å². The molecule has 0 spiro atoms. The first-order valence-corrected chi connectivity index (χ1v) is 8.49. The van der Waals surface area contributed by atoms with Crippen molar-refractivity contribution in [3.63, 3.8) is 0 Å². The molecule has 0 radical (unpaired) electrons. The number of sulfone groups is 1. The maximum Gasteiger partial charge on any atom is 0.156 e. The fraction of sp³-hybridized carbons (Fsp3) is 1.00. The molecule has 2 unspecified atom stereocenters. The van der Waals surface area contributed by atoms with Crippen LogP contribution in [0.1, 0.15) is 46.5 Å². The Bertz CT molecular complexity index is 346. The second-order valence-corrected chi connectivity index (χ2v) is 9.08. The van der Waals surface area contributed by atoms with Crippen LogP contribution in [0.25, 0.3) is 0 Å². The molecule has 4 nitrogen and oxygen atoms in total. The van der Waals surface area contributed by atoms with Gasteiger partial charge in [-0.2, -0.15) is 0 Å².